The smallest absolute Gasteiger partial charge is 0.242 e. The van der Waals surface area contributed by atoms with E-state index in [1.54, 1.807) is 16.2 Å². The third kappa shape index (κ3) is 4.85. The van der Waals surface area contributed by atoms with Crippen LogP contribution in [0.15, 0.2) is 35.7 Å². The zero-order chi connectivity index (χ0) is 22.7. The standard InChI is InChI=1S/C26H34N2O3S/c1-18(2)28(26(30)20-9-5-6-10-20)16-25(29)27-14-12-24-21(13-15-32-24)22(27)17-31-23-11-7-4-8-19(23)3/h4,7-8,11,13,15,18,20,22H,5-6,9-10,12,14,16-17H2,1-3H3/t22-/m0/s1. The lowest BCUT2D eigenvalue weighted by Gasteiger charge is -2.38. The van der Waals surface area contributed by atoms with E-state index < -0.39 is 0 Å². The van der Waals surface area contributed by atoms with Crippen LogP contribution in [-0.2, 0) is 16.0 Å². The van der Waals surface area contributed by atoms with E-state index >= 15 is 0 Å². The summed E-state index contributed by atoms with van der Waals surface area (Å²) >= 11 is 1.75. The lowest BCUT2D eigenvalue weighted by Crippen LogP contribution is -2.50. The second-order valence-corrected chi connectivity index (χ2v) is 10.3. The minimum absolute atomic E-state index is 0.00946. The number of ether oxygens (including phenoxy) is 1. The van der Waals surface area contributed by atoms with Crippen LogP contribution in [0, 0.1) is 12.8 Å². The summed E-state index contributed by atoms with van der Waals surface area (Å²) < 4.78 is 6.19. The number of para-hydroxylation sites is 1. The summed E-state index contributed by atoms with van der Waals surface area (Å²) in [5.74, 6) is 1.09. The highest BCUT2D eigenvalue weighted by Gasteiger charge is 2.35. The van der Waals surface area contributed by atoms with Gasteiger partial charge in [0, 0.05) is 23.4 Å². The van der Waals surface area contributed by atoms with E-state index in [2.05, 4.69) is 11.4 Å². The van der Waals surface area contributed by atoms with Crippen LogP contribution in [0.3, 0.4) is 0 Å². The van der Waals surface area contributed by atoms with Crippen molar-refractivity contribution in [3.8, 4) is 5.75 Å². The van der Waals surface area contributed by atoms with Gasteiger partial charge in [0.25, 0.3) is 0 Å². The Bertz CT molecular complexity index is 948. The molecule has 2 aliphatic rings. The number of hydrogen-bond acceptors (Lipinski definition) is 4. The first-order valence-corrected chi connectivity index (χ1v) is 12.7. The van der Waals surface area contributed by atoms with Gasteiger partial charge in [0.15, 0.2) is 0 Å². The molecule has 32 heavy (non-hydrogen) atoms. The molecule has 0 radical (unpaired) electrons. The maximum absolute atomic E-state index is 13.5. The van der Waals surface area contributed by atoms with Crippen LogP contribution in [0.2, 0.25) is 0 Å². The third-order valence-electron chi connectivity index (χ3n) is 6.82. The van der Waals surface area contributed by atoms with Gasteiger partial charge in [0.05, 0.1) is 6.04 Å². The van der Waals surface area contributed by atoms with Crippen LogP contribution in [0.1, 0.15) is 61.6 Å². The normalized spacial score (nSPS) is 18.6. The summed E-state index contributed by atoms with van der Waals surface area (Å²) in [6.45, 7) is 7.27. The van der Waals surface area contributed by atoms with Crippen LogP contribution < -0.4 is 4.74 Å². The molecule has 2 amide bonds. The molecule has 1 aromatic carbocycles. The lowest BCUT2D eigenvalue weighted by atomic mass is 10.00. The fourth-order valence-corrected chi connectivity index (χ4v) is 5.85. The zero-order valence-electron chi connectivity index (χ0n) is 19.4. The number of hydrogen-bond donors (Lipinski definition) is 0. The van der Waals surface area contributed by atoms with E-state index in [4.69, 9.17) is 4.74 Å². The Hall–Kier alpha value is -2.34. The second-order valence-electron chi connectivity index (χ2n) is 9.27. The Kier molecular flexibility index (Phi) is 7.19. The van der Waals surface area contributed by atoms with Crippen LogP contribution in [0.4, 0.5) is 0 Å². The summed E-state index contributed by atoms with van der Waals surface area (Å²) in [5.41, 5.74) is 2.27. The molecule has 0 bridgehead atoms. The van der Waals surface area contributed by atoms with Gasteiger partial charge in [-0.25, -0.2) is 0 Å². The maximum atomic E-state index is 13.5. The first-order valence-electron chi connectivity index (χ1n) is 11.8. The molecule has 4 rings (SSSR count). The quantitative estimate of drug-likeness (QED) is 0.592. The molecule has 0 unspecified atom stereocenters. The molecule has 1 aliphatic heterocycles. The first-order chi connectivity index (χ1) is 15.5. The molecule has 0 saturated heterocycles. The van der Waals surface area contributed by atoms with Gasteiger partial charge < -0.3 is 14.5 Å². The van der Waals surface area contributed by atoms with Crippen LogP contribution in [-0.4, -0.2) is 47.4 Å². The van der Waals surface area contributed by atoms with Gasteiger partial charge >= 0.3 is 0 Å². The Labute approximate surface area is 195 Å². The topological polar surface area (TPSA) is 49.9 Å². The predicted octanol–water partition coefficient (Wildman–Crippen LogP) is 4.99. The minimum atomic E-state index is -0.132. The van der Waals surface area contributed by atoms with E-state index in [1.807, 2.05) is 49.9 Å². The molecule has 0 spiro atoms. The Morgan fingerprint density at radius 1 is 1.19 bits per heavy atom. The highest BCUT2D eigenvalue weighted by Crippen LogP contribution is 2.34. The van der Waals surface area contributed by atoms with Crippen LogP contribution in [0.25, 0.3) is 0 Å². The maximum Gasteiger partial charge on any atom is 0.242 e. The number of nitrogens with zero attached hydrogens (tertiary/aromatic N) is 2. The summed E-state index contributed by atoms with van der Waals surface area (Å²) in [6, 6.07) is 9.97. The number of benzene rings is 1. The van der Waals surface area contributed by atoms with E-state index in [-0.39, 0.29) is 36.4 Å². The Morgan fingerprint density at radius 3 is 2.66 bits per heavy atom. The Morgan fingerprint density at radius 2 is 1.94 bits per heavy atom. The first kappa shape index (κ1) is 22.8. The number of aryl methyl sites for hydroxylation is 1. The molecule has 1 fully saturated rings. The summed E-state index contributed by atoms with van der Waals surface area (Å²) in [5, 5.41) is 2.10. The van der Waals surface area contributed by atoms with Gasteiger partial charge in [-0.2, -0.15) is 0 Å². The van der Waals surface area contributed by atoms with Crippen molar-refractivity contribution in [3.05, 3.63) is 51.7 Å². The molecule has 1 atom stereocenters. The van der Waals surface area contributed by atoms with E-state index in [9.17, 15) is 9.59 Å². The summed E-state index contributed by atoms with van der Waals surface area (Å²) in [4.78, 5) is 31.7. The molecule has 2 aromatic rings. The highest BCUT2D eigenvalue weighted by molar-refractivity contribution is 7.10. The van der Waals surface area contributed by atoms with Crippen LogP contribution >= 0.6 is 11.3 Å². The molecule has 6 heteroatoms. The fraction of sp³-hybridized carbons (Fsp3) is 0.538. The van der Waals surface area contributed by atoms with Crippen molar-refractivity contribution in [2.75, 3.05) is 19.7 Å². The Balaban J connectivity index is 1.51. The van der Waals surface area contributed by atoms with Crippen molar-refractivity contribution in [1.29, 1.82) is 0 Å². The van der Waals surface area contributed by atoms with Crippen molar-refractivity contribution in [1.82, 2.24) is 9.80 Å². The number of carbonyl (C=O) groups is 2. The van der Waals surface area contributed by atoms with Crippen molar-refractivity contribution in [2.45, 2.75) is 65.0 Å². The number of fused-ring (bicyclic) bond motifs is 1. The molecule has 1 aromatic heterocycles. The molecular formula is C26H34N2O3S. The number of carbonyl (C=O) groups excluding carboxylic acids is 2. The molecular weight excluding hydrogens is 420 g/mol. The number of amides is 2. The van der Waals surface area contributed by atoms with Crippen molar-refractivity contribution < 1.29 is 14.3 Å². The summed E-state index contributed by atoms with van der Waals surface area (Å²) in [7, 11) is 0. The largest absolute Gasteiger partial charge is 0.491 e. The second kappa shape index (κ2) is 10.1. The van der Waals surface area contributed by atoms with Gasteiger partial charge in [-0.1, -0.05) is 31.0 Å². The highest BCUT2D eigenvalue weighted by atomic mass is 32.1. The lowest BCUT2D eigenvalue weighted by molar-refractivity contribution is -0.146. The summed E-state index contributed by atoms with van der Waals surface area (Å²) in [6.07, 6.45) is 4.98. The minimum Gasteiger partial charge on any atom is -0.491 e. The zero-order valence-corrected chi connectivity index (χ0v) is 20.2. The average Bonchev–Trinajstić information content (AvgIpc) is 3.48. The van der Waals surface area contributed by atoms with Crippen molar-refractivity contribution >= 4 is 23.2 Å². The van der Waals surface area contributed by atoms with E-state index in [0.29, 0.717) is 13.2 Å². The number of thiophene rings is 1. The van der Waals surface area contributed by atoms with E-state index in [1.165, 1.54) is 10.4 Å². The van der Waals surface area contributed by atoms with Gasteiger partial charge in [-0.15, -0.1) is 11.3 Å². The van der Waals surface area contributed by atoms with Crippen molar-refractivity contribution in [3.63, 3.8) is 0 Å². The van der Waals surface area contributed by atoms with Gasteiger partial charge in [-0.3, -0.25) is 9.59 Å². The molecule has 5 nitrogen and oxygen atoms in total. The number of rotatable bonds is 7. The molecule has 2 heterocycles. The van der Waals surface area contributed by atoms with Crippen molar-refractivity contribution in [2.24, 2.45) is 5.92 Å². The predicted molar refractivity (Wildman–Crippen MR) is 128 cm³/mol. The van der Waals surface area contributed by atoms with Gasteiger partial charge in [0.1, 0.15) is 18.9 Å². The third-order valence-corrected chi connectivity index (χ3v) is 7.82. The molecule has 1 saturated carbocycles. The molecule has 1 aliphatic carbocycles. The van der Waals surface area contributed by atoms with Crippen LogP contribution in [0.5, 0.6) is 5.75 Å². The molecule has 0 N–H and O–H groups in total. The van der Waals surface area contributed by atoms with E-state index in [0.717, 1.165) is 43.4 Å². The average molecular weight is 455 g/mol. The van der Waals surface area contributed by atoms with Gasteiger partial charge in [0.2, 0.25) is 11.8 Å². The molecule has 172 valence electrons. The van der Waals surface area contributed by atoms with Gasteiger partial charge in [-0.05, 0) is 68.7 Å². The fourth-order valence-electron chi connectivity index (χ4n) is 4.92. The monoisotopic (exact) mass is 454 g/mol. The SMILES string of the molecule is Cc1ccccc1OC[C@H]1c2ccsc2CCN1C(=O)CN(C(=O)C1CCCC1)C(C)C.